The number of hydrogen-bond acceptors (Lipinski definition) is 2. The number of esters is 1. The molecule has 0 heterocycles. The number of halogens is 9. The Morgan fingerprint density at radius 2 is 1.45 bits per heavy atom. The van der Waals surface area contributed by atoms with Gasteiger partial charge in [-0.1, -0.05) is 49.1 Å². The Labute approximate surface area is 182 Å². The molecule has 0 saturated heterocycles. The van der Waals surface area contributed by atoms with Crippen molar-refractivity contribution in [2.45, 2.75) is 43.4 Å². The second-order valence-electron chi connectivity index (χ2n) is 7.08. The third kappa shape index (κ3) is 5.69. The van der Waals surface area contributed by atoms with Crippen molar-refractivity contribution in [3.8, 4) is 0 Å². The summed E-state index contributed by atoms with van der Waals surface area (Å²) in [7, 11) is 0. The highest BCUT2D eigenvalue weighted by Gasteiger charge is 2.81. The molecule has 0 bridgehead atoms. The van der Waals surface area contributed by atoms with E-state index in [0.717, 1.165) is 12.1 Å². The Bertz CT molecular complexity index is 983. The molecule has 33 heavy (non-hydrogen) atoms. The predicted molar refractivity (Wildman–Crippen MR) is 101 cm³/mol. The van der Waals surface area contributed by atoms with Gasteiger partial charge in [-0.05, 0) is 35.2 Å². The molecular formula is C22H17F9O2. The first-order valence-corrected chi connectivity index (χ1v) is 9.30. The minimum Gasteiger partial charge on any atom is -0.457 e. The Hall–Kier alpha value is -2.98. The van der Waals surface area contributed by atoms with Crippen LogP contribution in [-0.2, 0) is 17.8 Å². The molecule has 0 fully saturated rings. The summed E-state index contributed by atoms with van der Waals surface area (Å²) < 4.78 is 122. The normalized spacial score (nSPS) is 13.0. The van der Waals surface area contributed by atoms with Crippen LogP contribution in [0, 0.1) is 0 Å². The van der Waals surface area contributed by atoms with Crippen LogP contribution in [0.3, 0.4) is 0 Å². The summed E-state index contributed by atoms with van der Waals surface area (Å²) in [5, 5.41) is 0. The molecule has 11 heteroatoms. The lowest BCUT2D eigenvalue weighted by Gasteiger charge is -2.33. The molecule has 0 N–H and O–H groups in total. The lowest BCUT2D eigenvalue weighted by molar-refractivity contribution is -0.396. The van der Waals surface area contributed by atoms with Gasteiger partial charge < -0.3 is 4.74 Å². The fraction of sp³-hybridized carbons (Fsp3) is 0.318. The maximum atomic E-state index is 13.8. The van der Waals surface area contributed by atoms with E-state index in [1.165, 1.54) is 12.1 Å². The Balaban J connectivity index is 2.20. The molecule has 2 nitrogen and oxygen atoms in total. The standard InChI is InChI=1S/C22H17F9O2/c1-2-14-10-16(8-9-19(23,24)20(25,26)21(27,28)22(29,30)31)12-17(11-14)18(32)33-13-15-6-4-3-5-7-15/h2-7,10-12H,1,8-9,13H2. The highest BCUT2D eigenvalue weighted by Crippen LogP contribution is 2.54. The summed E-state index contributed by atoms with van der Waals surface area (Å²) in [6, 6.07) is 11.8. The fourth-order valence-electron chi connectivity index (χ4n) is 2.77. The molecule has 0 aliphatic rings. The lowest BCUT2D eigenvalue weighted by atomic mass is 9.95. The van der Waals surface area contributed by atoms with Crippen LogP contribution < -0.4 is 0 Å². The van der Waals surface area contributed by atoms with Gasteiger partial charge >= 0.3 is 29.9 Å². The van der Waals surface area contributed by atoms with Crippen molar-refractivity contribution < 1.29 is 49.0 Å². The molecule has 0 radical (unpaired) electrons. The largest absolute Gasteiger partial charge is 0.460 e. The van der Waals surface area contributed by atoms with Crippen LogP contribution in [0.2, 0.25) is 0 Å². The molecule has 2 aromatic rings. The number of carbonyl (C=O) groups excluding carboxylic acids is 1. The fourth-order valence-corrected chi connectivity index (χ4v) is 2.77. The summed E-state index contributed by atoms with van der Waals surface area (Å²) in [4.78, 5) is 12.3. The van der Waals surface area contributed by atoms with Crippen molar-refractivity contribution in [1.82, 2.24) is 0 Å². The molecule has 0 amide bonds. The summed E-state index contributed by atoms with van der Waals surface area (Å²) in [6.07, 6.45) is -8.75. The van der Waals surface area contributed by atoms with E-state index in [4.69, 9.17) is 4.74 Å². The van der Waals surface area contributed by atoms with E-state index in [-0.39, 0.29) is 23.3 Å². The lowest BCUT2D eigenvalue weighted by Crippen LogP contribution is -2.60. The molecule has 0 aliphatic heterocycles. The van der Waals surface area contributed by atoms with Gasteiger partial charge in [-0.2, -0.15) is 39.5 Å². The van der Waals surface area contributed by atoms with Gasteiger partial charge in [0.15, 0.2) is 0 Å². The van der Waals surface area contributed by atoms with Crippen molar-refractivity contribution in [3.63, 3.8) is 0 Å². The molecule has 0 aliphatic carbocycles. The van der Waals surface area contributed by atoms with Gasteiger partial charge in [0.25, 0.3) is 0 Å². The van der Waals surface area contributed by atoms with Gasteiger partial charge in [0, 0.05) is 6.42 Å². The Kier molecular flexibility index (Phi) is 7.55. The van der Waals surface area contributed by atoms with E-state index < -0.39 is 42.8 Å². The predicted octanol–water partition coefficient (Wildman–Crippen LogP) is 7.09. The van der Waals surface area contributed by atoms with Crippen LogP contribution in [-0.4, -0.2) is 29.9 Å². The molecule has 0 unspecified atom stereocenters. The minimum atomic E-state index is -6.95. The Morgan fingerprint density at radius 1 is 0.848 bits per heavy atom. The molecule has 2 rings (SSSR count). The number of hydrogen-bond donors (Lipinski definition) is 0. The maximum absolute atomic E-state index is 13.8. The summed E-state index contributed by atoms with van der Waals surface area (Å²) in [5.74, 6) is -20.2. The van der Waals surface area contributed by atoms with E-state index in [0.29, 0.717) is 5.56 Å². The van der Waals surface area contributed by atoms with E-state index in [9.17, 15) is 44.3 Å². The first-order chi connectivity index (χ1) is 15.1. The van der Waals surface area contributed by atoms with Gasteiger partial charge in [-0.3, -0.25) is 0 Å². The zero-order chi connectivity index (χ0) is 25.1. The highest BCUT2D eigenvalue weighted by atomic mass is 19.4. The zero-order valence-electron chi connectivity index (χ0n) is 16.7. The number of ether oxygens (including phenoxy) is 1. The van der Waals surface area contributed by atoms with E-state index in [1.54, 1.807) is 30.3 Å². The molecule has 180 valence electrons. The summed E-state index contributed by atoms with van der Waals surface area (Å²) in [5.41, 5.74) is 0.465. The second kappa shape index (κ2) is 9.48. The smallest absolute Gasteiger partial charge is 0.457 e. The van der Waals surface area contributed by atoms with Gasteiger partial charge in [-0.15, -0.1) is 0 Å². The van der Waals surface area contributed by atoms with Crippen molar-refractivity contribution in [2.24, 2.45) is 0 Å². The van der Waals surface area contributed by atoms with Crippen LogP contribution >= 0.6 is 0 Å². The zero-order valence-corrected chi connectivity index (χ0v) is 16.7. The van der Waals surface area contributed by atoms with Gasteiger partial charge in [-0.25, -0.2) is 4.79 Å². The van der Waals surface area contributed by atoms with E-state index >= 15 is 0 Å². The average molecular weight is 484 g/mol. The first-order valence-electron chi connectivity index (χ1n) is 9.30. The van der Waals surface area contributed by atoms with Crippen LogP contribution in [0.1, 0.15) is 33.5 Å². The topological polar surface area (TPSA) is 26.3 Å². The second-order valence-corrected chi connectivity index (χ2v) is 7.08. The highest BCUT2D eigenvalue weighted by molar-refractivity contribution is 5.90. The van der Waals surface area contributed by atoms with E-state index in [1.807, 2.05) is 0 Å². The average Bonchev–Trinajstić information content (AvgIpc) is 2.75. The monoisotopic (exact) mass is 484 g/mol. The SMILES string of the molecule is C=Cc1cc(CCC(F)(F)C(F)(F)C(F)(F)C(F)(F)F)cc(C(=O)OCc2ccccc2)c1. The quantitative estimate of drug-likeness (QED) is 0.281. The van der Waals surface area contributed by atoms with Crippen molar-refractivity contribution in [2.75, 3.05) is 0 Å². The molecule has 2 aromatic carbocycles. The van der Waals surface area contributed by atoms with Gasteiger partial charge in [0.2, 0.25) is 0 Å². The van der Waals surface area contributed by atoms with Crippen LogP contribution in [0.25, 0.3) is 6.08 Å². The van der Waals surface area contributed by atoms with Gasteiger partial charge in [0.05, 0.1) is 5.56 Å². The first kappa shape index (κ1) is 26.3. The van der Waals surface area contributed by atoms with Crippen LogP contribution in [0.5, 0.6) is 0 Å². The minimum absolute atomic E-state index is 0.135. The third-order valence-corrected chi connectivity index (χ3v) is 4.64. The van der Waals surface area contributed by atoms with Crippen molar-refractivity contribution >= 4 is 12.0 Å². The number of aryl methyl sites for hydroxylation is 1. The molecule has 0 aromatic heterocycles. The molecule has 0 spiro atoms. The molecule has 0 atom stereocenters. The summed E-state index contributed by atoms with van der Waals surface area (Å²) in [6.45, 7) is 3.29. The Morgan fingerprint density at radius 3 is 2.00 bits per heavy atom. The number of alkyl halides is 9. The third-order valence-electron chi connectivity index (χ3n) is 4.64. The van der Waals surface area contributed by atoms with E-state index in [2.05, 4.69) is 6.58 Å². The summed E-state index contributed by atoms with van der Waals surface area (Å²) >= 11 is 0. The molecule has 0 saturated carbocycles. The maximum Gasteiger partial charge on any atom is 0.460 e. The van der Waals surface area contributed by atoms with Crippen molar-refractivity contribution in [3.05, 3.63) is 77.4 Å². The molecular weight excluding hydrogens is 467 g/mol. The van der Waals surface area contributed by atoms with Crippen molar-refractivity contribution in [1.29, 1.82) is 0 Å². The number of rotatable bonds is 9. The number of carbonyl (C=O) groups is 1. The number of benzene rings is 2. The van der Waals surface area contributed by atoms with Crippen LogP contribution in [0.15, 0.2) is 55.1 Å². The van der Waals surface area contributed by atoms with Gasteiger partial charge in [0.1, 0.15) is 6.61 Å². The van der Waals surface area contributed by atoms with Crippen LogP contribution in [0.4, 0.5) is 39.5 Å².